The maximum absolute atomic E-state index is 14.1. The fraction of sp³-hybridized carbons (Fsp3) is 0.393. The van der Waals surface area contributed by atoms with E-state index < -0.39 is 69.7 Å². The summed E-state index contributed by atoms with van der Waals surface area (Å²) in [6, 6.07) is 0.465. The molecule has 2 amide bonds. The van der Waals surface area contributed by atoms with Crippen molar-refractivity contribution in [3.05, 3.63) is 58.6 Å². The van der Waals surface area contributed by atoms with Crippen LogP contribution in [0.3, 0.4) is 0 Å². The summed E-state index contributed by atoms with van der Waals surface area (Å²) < 4.78 is 1.52. The Morgan fingerprint density at radius 2 is 1.82 bits per heavy atom. The smallest absolute Gasteiger partial charge is 0.255 e. The Bertz CT molecular complexity index is 1600. The summed E-state index contributed by atoms with van der Waals surface area (Å²) in [5.41, 5.74) is 2.22. The van der Waals surface area contributed by atoms with Crippen LogP contribution in [0.4, 0.5) is 11.4 Å². The summed E-state index contributed by atoms with van der Waals surface area (Å²) in [5, 5.41) is 48.0. The first-order valence-corrected chi connectivity index (χ1v) is 13.2. The van der Waals surface area contributed by atoms with E-state index in [0.29, 0.717) is 11.3 Å². The van der Waals surface area contributed by atoms with Crippen LogP contribution >= 0.6 is 24.8 Å². The highest BCUT2D eigenvalue weighted by Gasteiger charge is 2.63. The number of hydrogen-bond donors (Lipinski definition) is 6. The highest BCUT2D eigenvalue weighted by molar-refractivity contribution is 6.25. The zero-order valence-corrected chi connectivity index (χ0v) is 25.9. The molecule has 2 unspecified atom stereocenters. The summed E-state index contributed by atoms with van der Waals surface area (Å²) in [6.07, 6.45) is 4.64. The monoisotopic (exact) mass is 652 g/mol. The maximum atomic E-state index is 14.1. The minimum absolute atomic E-state index is 0. The molecule has 1 heterocycles. The van der Waals surface area contributed by atoms with E-state index in [4.69, 9.17) is 5.73 Å². The van der Waals surface area contributed by atoms with Crippen LogP contribution in [0.15, 0.2) is 47.5 Å². The lowest BCUT2D eigenvalue weighted by Gasteiger charge is -2.50. The van der Waals surface area contributed by atoms with Gasteiger partial charge in [-0.1, -0.05) is 0 Å². The van der Waals surface area contributed by atoms with Crippen LogP contribution in [0, 0.1) is 11.8 Å². The molecule has 14 nitrogen and oxygen atoms in total. The number of likely N-dealkylation sites (N-methyl/N-ethyl adjacent to an activating group) is 1. The van der Waals surface area contributed by atoms with Crippen LogP contribution in [0.5, 0.6) is 5.75 Å². The molecular weight excluding hydrogens is 619 g/mol. The van der Waals surface area contributed by atoms with Gasteiger partial charge in [0.1, 0.15) is 23.6 Å². The van der Waals surface area contributed by atoms with Gasteiger partial charge in [-0.25, -0.2) is 4.98 Å². The summed E-state index contributed by atoms with van der Waals surface area (Å²) in [4.78, 5) is 59.5. The molecule has 0 saturated heterocycles. The summed E-state index contributed by atoms with van der Waals surface area (Å²) in [6.45, 7) is -0.109. The van der Waals surface area contributed by atoms with Crippen molar-refractivity contribution in [3.63, 3.8) is 0 Å². The second-order valence-corrected chi connectivity index (χ2v) is 11.3. The van der Waals surface area contributed by atoms with E-state index in [2.05, 4.69) is 10.3 Å². The number of benzene rings is 1. The third-order valence-electron chi connectivity index (χ3n) is 8.34. The number of imidazole rings is 1. The molecule has 0 spiro atoms. The average Bonchev–Trinajstić information content (AvgIpc) is 3.40. The average molecular weight is 654 g/mol. The lowest BCUT2D eigenvalue weighted by Crippen LogP contribution is -2.63. The van der Waals surface area contributed by atoms with Crippen molar-refractivity contribution in [2.45, 2.75) is 31.0 Å². The van der Waals surface area contributed by atoms with Crippen LogP contribution < -0.4 is 16.0 Å². The number of phenols is 1. The topological polar surface area (TPSA) is 212 Å². The maximum Gasteiger partial charge on any atom is 0.255 e. The van der Waals surface area contributed by atoms with Crippen LogP contribution in [0.25, 0.3) is 0 Å². The summed E-state index contributed by atoms with van der Waals surface area (Å²) in [5.74, 6) is -7.90. The molecule has 1 aromatic heterocycles. The first-order valence-electron chi connectivity index (χ1n) is 13.2. The predicted octanol–water partition coefficient (Wildman–Crippen LogP) is 0.865. The lowest BCUT2D eigenvalue weighted by molar-refractivity contribution is -0.148. The number of hydrogen-bond acceptors (Lipinski definition) is 11. The van der Waals surface area contributed by atoms with E-state index in [1.165, 1.54) is 22.0 Å². The van der Waals surface area contributed by atoms with E-state index in [1.807, 2.05) is 0 Å². The second kappa shape index (κ2) is 12.1. The Labute approximate surface area is 264 Å². The lowest BCUT2D eigenvalue weighted by atomic mass is 9.58. The number of nitrogens with zero attached hydrogens (tertiary/aromatic N) is 4. The van der Waals surface area contributed by atoms with Crippen LogP contribution in [0.2, 0.25) is 0 Å². The Balaban J connectivity index is 0.00000264. The number of primary amides is 1. The molecule has 238 valence electrons. The molecule has 0 bridgehead atoms. The Kier molecular flexibility index (Phi) is 9.47. The number of aliphatic hydroxyl groups excluding tert-OH is 2. The van der Waals surface area contributed by atoms with Gasteiger partial charge in [0.05, 0.1) is 23.6 Å². The Morgan fingerprint density at radius 3 is 2.36 bits per heavy atom. The highest BCUT2D eigenvalue weighted by atomic mass is 35.5. The van der Waals surface area contributed by atoms with Gasteiger partial charge in [-0.15, -0.1) is 24.8 Å². The number of allylic oxidation sites excluding steroid dienone is 1. The molecule has 44 heavy (non-hydrogen) atoms. The molecule has 3 aliphatic carbocycles. The number of aromatic nitrogens is 2. The second-order valence-electron chi connectivity index (χ2n) is 11.3. The quantitative estimate of drug-likeness (QED) is 0.190. The van der Waals surface area contributed by atoms with E-state index >= 15 is 0 Å². The molecule has 0 aliphatic heterocycles. The standard InChI is InChI=1S/C28H32N6O8.2ClH/c1-32(2)16-9-15(31-17(35)10-34-6-5-30-11-34)22(36)19-13(16)7-12-8-14-21(33(3)4)24(38)20(27(29)41)26(40)28(14,42)25(39)18(12)23(19)37;;/h5-6,9,11-12,14,21,36,38-39,42H,7-8,10H2,1-4H3,(H2,29,41)(H,31,35);2*1H/t12?,14?,21-,28-;;/m0../s1. The molecule has 7 N–H and O–H groups in total. The van der Waals surface area contributed by atoms with E-state index in [-0.39, 0.29) is 61.0 Å². The number of anilines is 2. The van der Waals surface area contributed by atoms with Gasteiger partial charge in [-0.3, -0.25) is 24.1 Å². The number of phenolic OH excluding ortho intramolecular Hbond substituents is 1. The van der Waals surface area contributed by atoms with Crippen molar-refractivity contribution >= 4 is 59.6 Å². The van der Waals surface area contributed by atoms with E-state index in [9.17, 15) is 39.6 Å². The summed E-state index contributed by atoms with van der Waals surface area (Å²) >= 11 is 0. The largest absolute Gasteiger partial charge is 0.510 e. The van der Waals surface area contributed by atoms with E-state index in [0.717, 1.165) is 0 Å². The van der Waals surface area contributed by atoms with E-state index in [1.54, 1.807) is 45.4 Å². The number of fused-ring (bicyclic) bond motifs is 3. The molecule has 16 heteroatoms. The molecule has 2 aromatic rings. The van der Waals surface area contributed by atoms with Gasteiger partial charge in [0, 0.05) is 43.7 Å². The number of aliphatic hydroxyl groups is 3. The number of rotatable bonds is 6. The van der Waals surface area contributed by atoms with Crippen LogP contribution in [-0.4, -0.2) is 98.1 Å². The molecule has 4 atom stereocenters. The number of carbonyl (C=O) groups excluding carboxylic acids is 4. The molecule has 0 saturated carbocycles. The van der Waals surface area contributed by atoms with Gasteiger partial charge in [-0.2, -0.15) is 0 Å². The van der Waals surface area contributed by atoms with Gasteiger partial charge in [0.15, 0.2) is 17.1 Å². The van der Waals surface area contributed by atoms with Crippen molar-refractivity contribution in [1.29, 1.82) is 0 Å². The third-order valence-corrected chi connectivity index (χ3v) is 8.34. The first kappa shape index (κ1) is 34.4. The summed E-state index contributed by atoms with van der Waals surface area (Å²) in [7, 11) is 6.59. The zero-order valence-electron chi connectivity index (χ0n) is 24.3. The zero-order chi connectivity index (χ0) is 30.8. The number of Topliss-reactive ketones (excluding diaryl/α,β-unsaturated/α-hetero) is 2. The highest BCUT2D eigenvalue weighted by Crippen LogP contribution is 2.53. The van der Waals surface area contributed by atoms with Crippen LogP contribution in [-0.2, 0) is 27.3 Å². The van der Waals surface area contributed by atoms with Gasteiger partial charge in [0.2, 0.25) is 11.7 Å². The third kappa shape index (κ3) is 5.07. The van der Waals surface area contributed by atoms with Crippen molar-refractivity contribution in [2.24, 2.45) is 17.6 Å². The molecule has 1 aromatic carbocycles. The number of carbonyl (C=O) groups is 4. The van der Waals surface area contributed by atoms with Gasteiger partial charge in [-0.05, 0) is 44.5 Å². The predicted molar refractivity (Wildman–Crippen MR) is 163 cm³/mol. The van der Waals surface area contributed by atoms with Gasteiger partial charge >= 0.3 is 0 Å². The molecule has 5 rings (SSSR count). The number of aromatic hydroxyl groups is 1. The minimum atomic E-state index is -2.73. The normalized spacial score (nSPS) is 24.1. The minimum Gasteiger partial charge on any atom is -0.510 e. The fourth-order valence-electron chi connectivity index (χ4n) is 6.53. The molecular formula is C28H34Cl2N6O8. The van der Waals surface area contributed by atoms with Crippen molar-refractivity contribution in [2.75, 3.05) is 38.4 Å². The molecule has 3 aliphatic rings. The number of halogens is 2. The van der Waals surface area contributed by atoms with Gasteiger partial charge in [0.25, 0.3) is 5.91 Å². The number of nitrogens with one attached hydrogen (secondary N) is 1. The number of ketones is 2. The fourth-order valence-corrected chi connectivity index (χ4v) is 6.53. The van der Waals surface area contributed by atoms with Crippen molar-refractivity contribution < 1.29 is 39.6 Å². The van der Waals surface area contributed by atoms with Crippen LogP contribution in [0.1, 0.15) is 22.3 Å². The van der Waals surface area contributed by atoms with Gasteiger partial charge < -0.3 is 40.9 Å². The first-order chi connectivity index (χ1) is 19.7. The molecule has 0 radical (unpaired) electrons. The SMILES string of the molecule is CN(C)c1cc(NC(=O)Cn2ccnc2)c(O)c2c1CC1CC3[C@H](N(C)C)C(O)=C(C(N)=O)C(=O)[C@@]3(O)C(O)=C1C2=O.Cl.Cl. The number of amides is 2. The molecule has 0 fully saturated rings. The Morgan fingerprint density at radius 1 is 1.16 bits per heavy atom. The van der Waals surface area contributed by atoms with Crippen molar-refractivity contribution in [1.82, 2.24) is 14.5 Å². The Hall–Kier alpha value is -4.11. The van der Waals surface area contributed by atoms with Crippen molar-refractivity contribution in [3.8, 4) is 5.75 Å². The number of nitrogens with two attached hydrogens (primary N) is 1.